The monoisotopic (exact) mass is 584 g/mol. The highest BCUT2D eigenvalue weighted by molar-refractivity contribution is 7.90. The van der Waals surface area contributed by atoms with Gasteiger partial charge in [-0.1, -0.05) is 66.7 Å². The first-order valence-electron chi connectivity index (χ1n) is 13.6. The second-order valence-corrected chi connectivity index (χ2v) is 12.5. The molecule has 5 aromatic rings. The Balaban J connectivity index is 1.39. The van der Waals surface area contributed by atoms with Crippen molar-refractivity contribution in [1.82, 2.24) is 4.98 Å². The lowest BCUT2D eigenvalue weighted by Crippen LogP contribution is -2.37. The van der Waals surface area contributed by atoms with Gasteiger partial charge < -0.3 is 19.2 Å². The summed E-state index contributed by atoms with van der Waals surface area (Å²) < 4.78 is 38.1. The number of carboxylic acids is 1. The second-order valence-electron chi connectivity index (χ2n) is 10.5. The Bertz CT molecular complexity index is 1750. The van der Waals surface area contributed by atoms with Gasteiger partial charge in [0.2, 0.25) is 0 Å². The standard InChI is InChI=1S/C33H32N2O6S/c1-33(2,31(36)37)41-27-18-16-24(17-19-27)20-21-35(32-34-29-14-8-9-15-30(29)40-32)22-25-10-6-7-11-26(25)23-42(38,39)28-12-4-3-5-13-28/h3-19H,20-23H2,1-2H3,(H,36,37). The minimum Gasteiger partial charge on any atom is -0.478 e. The van der Waals surface area contributed by atoms with Crippen LogP contribution in [0.2, 0.25) is 0 Å². The fourth-order valence-corrected chi connectivity index (χ4v) is 5.97. The lowest BCUT2D eigenvalue weighted by atomic mass is 10.1. The van der Waals surface area contributed by atoms with E-state index in [0.717, 1.165) is 16.6 Å². The number of aliphatic carboxylic acids is 1. The van der Waals surface area contributed by atoms with Gasteiger partial charge in [0.1, 0.15) is 11.3 Å². The molecule has 0 saturated heterocycles. The van der Waals surface area contributed by atoms with Crippen molar-refractivity contribution in [2.45, 2.75) is 43.1 Å². The Morgan fingerprint density at radius 1 is 0.881 bits per heavy atom. The number of carboxylic acid groups (broad SMARTS) is 1. The Hall–Kier alpha value is -4.63. The van der Waals surface area contributed by atoms with Gasteiger partial charge >= 0.3 is 5.97 Å². The zero-order chi connectivity index (χ0) is 29.7. The average molecular weight is 585 g/mol. The third kappa shape index (κ3) is 6.80. The molecule has 0 spiro atoms. The van der Waals surface area contributed by atoms with Crippen molar-refractivity contribution in [3.05, 3.63) is 120 Å². The number of carbonyl (C=O) groups is 1. The second kappa shape index (κ2) is 12.1. The molecule has 9 heteroatoms. The number of fused-ring (bicyclic) bond motifs is 1. The van der Waals surface area contributed by atoms with E-state index in [4.69, 9.17) is 14.1 Å². The molecule has 1 N–H and O–H groups in total. The highest BCUT2D eigenvalue weighted by Gasteiger charge is 2.29. The maximum absolute atomic E-state index is 13.2. The van der Waals surface area contributed by atoms with Gasteiger partial charge in [0, 0.05) is 13.1 Å². The van der Waals surface area contributed by atoms with E-state index in [1.165, 1.54) is 13.8 Å². The summed E-state index contributed by atoms with van der Waals surface area (Å²) in [5, 5.41) is 9.35. The summed E-state index contributed by atoms with van der Waals surface area (Å²) in [6.45, 7) is 3.93. The van der Waals surface area contributed by atoms with Gasteiger partial charge in [0.25, 0.3) is 6.01 Å². The van der Waals surface area contributed by atoms with Crippen LogP contribution in [0.3, 0.4) is 0 Å². The molecule has 4 aromatic carbocycles. The third-order valence-electron chi connectivity index (χ3n) is 6.96. The molecule has 0 fully saturated rings. The number of sulfone groups is 1. The highest BCUT2D eigenvalue weighted by Crippen LogP contribution is 2.26. The molecular formula is C33H32N2O6S. The van der Waals surface area contributed by atoms with E-state index < -0.39 is 21.4 Å². The molecule has 0 radical (unpaired) electrons. The third-order valence-corrected chi connectivity index (χ3v) is 8.64. The molecule has 216 valence electrons. The number of aromatic nitrogens is 1. The van der Waals surface area contributed by atoms with Crippen LogP contribution in [0, 0.1) is 0 Å². The number of nitrogens with zero attached hydrogens (tertiary/aromatic N) is 2. The van der Waals surface area contributed by atoms with E-state index in [0.29, 0.717) is 42.4 Å². The SMILES string of the molecule is CC(C)(Oc1ccc(CCN(Cc2ccccc2CS(=O)(=O)c2ccccc2)c2nc3ccccc3o2)cc1)C(=O)O. The molecule has 0 atom stereocenters. The molecule has 0 saturated carbocycles. The Kier molecular flexibility index (Phi) is 8.31. The zero-order valence-electron chi connectivity index (χ0n) is 23.4. The van der Waals surface area contributed by atoms with Crippen molar-refractivity contribution >= 4 is 32.9 Å². The van der Waals surface area contributed by atoms with Crippen molar-refractivity contribution in [2.75, 3.05) is 11.4 Å². The van der Waals surface area contributed by atoms with Crippen LogP contribution in [0.5, 0.6) is 5.75 Å². The molecular weight excluding hydrogens is 552 g/mol. The lowest BCUT2D eigenvalue weighted by molar-refractivity contribution is -0.152. The van der Waals surface area contributed by atoms with Crippen molar-refractivity contribution in [1.29, 1.82) is 0 Å². The maximum atomic E-state index is 13.2. The smallest absolute Gasteiger partial charge is 0.347 e. The maximum Gasteiger partial charge on any atom is 0.347 e. The summed E-state index contributed by atoms with van der Waals surface area (Å²) in [6.07, 6.45) is 0.631. The van der Waals surface area contributed by atoms with Crippen LogP contribution in [0.15, 0.2) is 112 Å². The average Bonchev–Trinajstić information content (AvgIpc) is 3.41. The number of oxazole rings is 1. The normalized spacial score (nSPS) is 11.9. The highest BCUT2D eigenvalue weighted by atomic mass is 32.2. The zero-order valence-corrected chi connectivity index (χ0v) is 24.3. The molecule has 1 aromatic heterocycles. The molecule has 0 aliphatic rings. The summed E-state index contributed by atoms with van der Waals surface area (Å²) in [6, 6.07) is 31.3. The van der Waals surface area contributed by atoms with Crippen LogP contribution in [0.25, 0.3) is 11.1 Å². The molecule has 0 aliphatic carbocycles. The van der Waals surface area contributed by atoms with Gasteiger partial charge in [-0.25, -0.2) is 13.2 Å². The van der Waals surface area contributed by atoms with Gasteiger partial charge in [0.15, 0.2) is 21.0 Å². The van der Waals surface area contributed by atoms with Crippen molar-refractivity contribution in [2.24, 2.45) is 0 Å². The Morgan fingerprint density at radius 2 is 1.52 bits per heavy atom. The van der Waals surface area contributed by atoms with Gasteiger partial charge in [-0.3, -0.25) is 0 Å². The number of rotatable bonds is 12. The lowest BCUT2D eigenvalue weighted by Gasteiger charge is -2.23. The van der Waals surface area contributed by atoms with Gasteiger partial charge in [-0.05, 0) is 73.4 Å². The first-order valence-corrected chi connectivity index (χ1v) is 15.2. The van der Waals surface area contributed by atoms with Gasteiger partial charge in [-0.2, -0.15) is 4.98 Å². The van der Waals surface area contributed by atoms with Gasteiger partial charge in [0.05, 0.1) is 10.6 Å². The fourth-order valence-electron chi connectivity index (χ4n) is 4.54. The van der Waals surface area contributed by atoms with E-state index in [9.17, 15) is 18.3 Å². The number of hydrogen-bond acceptors (Lipinski definition) is 7. The number of ether oxygens (including phenoxy) is 1. The van der Waals surface area contributed by atoms with E-state index in [1.54, 1.807) is 42.5 Å². The van der Waals surface area contributed by atoms with Crippen molar-refractivity contribution in [3.8, 4) is 5.75 Å². The predicted octanol–water partition coefficient (Wildman–Crippen LogP) is 6.29. The largest absolute Gasteiger partial charge is 0.478 e. The van der Waals surface area contributed by atoms with Crippen molar-refractivity contribution in [3.63, 3.8) is 0 Å². The molecule has 8 nitrogen and oxygen atoms in total. The van der Waals surface area contributed by atoms with E-state index in [2.05, 4.69) is 0 Å². The minimum absolute atomic E-state index is 0.122. The van der Waals surface area contributed by atoms with Gasteiger partial charge in [-0.15, -0.1) is 0 Å². The van der Waals surface area contributed by atoms with Crippen LogP contribution in [-0.2, 0) is 33.4 Å². The first-order chi connectivity index (χ1) is 20.1. The molecule has 0 amide bonds. The summed E-state index contributed by atoms with van der Waals surface area (Å²) in [5.74, 6) is -0.698. The molecule has 42 heavy (non-hydrogen) atoms. The molecule has 0 aliphatic heterocycles. The molecule has 0 unspecified atom stereocenters. The molecule has 1 heterocycles. The molecule has 5 rings (SSSR count). The summed E-state index contributed by atoms with van der Waals surface area (Å²) in [4.78, 5) is 18.4. The van der Waals surface area contributed by atoms with E-state index >= 15 is 0 Å². The minimum atomic E-state index is -3.54. The topological polar surface area (TPSA) is 110 Å². The number of anilines is 1. The van der Waals surface area contributed by atoms with Crippen LogP contribution >= 0.6 is 0 Å². The van der Waals surface area contributed by atoms with E-state index in [1.807, 2.05) is 65.6 Å². The number of benzene rings is 4. The van der Waals surface area contributed by atoms with E-state index in [-0.39, 0.29) is 10.6 Å². The van der Waals surface area contributed by atoms with Crippen LogP contribution in [0.1, 0.15) is 30.5 Å². The van der Waals surface area contributed by atoms with Crippen molar-refractivity contribution < 1.29 is 27.5 Å². The Morgan fingerprint density at radius 3 is 2.21 bits per heavy atom. The molecule has 0 bridgehead atoms. The van der Waals surface area contributed by atoms with Crippen LogP contribution < -0.4 is 9.64 Å². The summed E-state index contributed by atoms with van der Waals surface area (Å²) in [7, 11) is -3.54. The van der Waals surface area contributed by atoms with Crippen LogP contribution in [-0.4, -0.2) is 36.6 Å². The van der Waals surface area contributed by atoms with Crippen LogP contribution in [0.4, 0.5) is 6.01 Å². The summed E-state index contributed by atoms with van der Waals surface area (Å²) in [5.41, 5.74) is 2.65. The fraction of sp³-hybridized carbons (Fsp3) is 0.212. The Labute approximate surface area is 245 Å². The summed E-state index contributed by atoms with van der Waals surface area (Å²) >= 11 is 0. The first kappa shape index (κ1) is 28.9. The quantitative estimate of drug-likeness (QED) is 0.182. The number of para-hydroxylation sites is 2. The number of hydrogen-bond donors (Lipinski definition) is 1. The predicted molar refractivity (Wildman–Crippen MR) is 161 cm³/mol.